The van der Waals surface area contributed by atoms with Gasteiger partial charge in [-0.2, -0.15) is 0 Å². The number of rotatable bonds is 2. The maximum Gasteiger partial charge on any atom is 0.340 e. The third-order valence-corrected chi connectivity index (χ3v) is 2.06. The quantitative estimate of drug-likeness (QED) is 0.715. The average Bonchev–Trinajstić information content (AvgIpc) is 2.81. The molecule has 0 aliphatic heterocycles. The molecule has 0 fully saturated rings. The van der Waals surface area contributed by atoms with E-state index in [0.29, 0.717) is 5.69 Å². The molecule has 1 aromatic carbocycles. The Morgan fingerprint density at radius 1 is 1.38 bits per heavy atom. The minimum absolute atomic E-state index is 0.127. The van der Waals surface area contributed by atoms with Gasteiger partial charge in [0.1, 0.15) is 18.5 Å². The topological polar surface area (TPSA) is 57.0 Å². The van der Waals surface area contributed by atoms with E-state index < -0.39 is 11.8 Å². The van der Waals surface area contributed by atoms with Crippen molar-refractivity contribution in [1.82, 2.24) is 14.8 Å². The number of methoxy groups -OCH3 is 1. The molecule has 0 saturated heterocycles. The normalized spacial score (nSPS) is 10.1. The van der Waals surface area contributed by atoms with Crippen LogP contribution in [-0.4, -0.2) is 27.8 Å². The average molecular weight is 221 g/mol. The number of carbonyl (C=O) groups is 1. The minimum atomic E-state index is -0.608. The fourth-order valence-electron chi connectivity index (χ4n) is 1.33. The second-order valence-electron chi connectivity index (χ2n) is 3.02. The van der Waals surface area contributed by atoms with E-state index in [4.69, 9.17) is 0 Å². The summed E-state index contributed by atoms with van der Waals surface area (Å²) in [5, 5.41) is 7.23. The largest absolute Gasteiger partial charge is 0.465 e. The molecule has 0 aliphatic carbocycles. The van der Waals surface area contributed by atoms with E-state index in [2.05, 4.69) is 14.9 Å². The third kappa shape index (κ3) is 1.77. The molecular formula is C10H8FN3O2. The Bertz CT molecular complexity index is 511. The summed E-state index contributed by atoms with van der Waals surface area (Å²) in [5.41, 5.74) is 0.598. The number of aromatic nitrogens is 3. The van der Waals surface area contributed by atoms with E-state index in [1.807, 2.05) is 0 Å². The lowest BCUT2D eigenvalue weighted by atomic mass is 10.1. The van der Waals surface area contributed by atoms with Crippen LogP contribution in [0, 0.1) is 5.82 Å². The molecule has 1 aromatic heterocycles. The van der Waals surface area contributed by atoms with Gasteiger partial charge >= 0.3 is 5.97 Å². The first kappa shape index (κ1) is 10.3. The molecule has 0 N–H and O–H groups in total. The Hall–Kier alpha value is -2.24. The molecular weight excluding hydrogens is 213 g/mol. The Kier molecular flexibility index (Phi) is 2.63. The summed E-state index contributed by atoms with van der Waals surface area (Å²) in [4.78, 5) is 11.4. The van der Waals surface area contributed by atoms with Crippen molar-refractivity contribution < 1.29 is 13.9 Å². The van der Waals surface area contributed by atoms with Gasteiger partial charge in [0.2, 0.25) is 0 Å². The summed E-state index contributed by atoms with van der Waals surface area (Å²) in [7, 11) is 1.24. The number of hydrogen-bond donors (Lipinski definition) is 0. The zero-order chi connectivity index (χ0) is 11.5. The van der Waals surface area contributed by atoms with Crippen LogP contribution in [0.25, 0.3) is 5.69 Å². The lowest BCUT2D eigenvalue weighted by molar-refractivity contribution is 0.0600. The Labute approximate surface area is 90.5 Å². The molecule has 6 heteroatoms. The van der Waals surface area contributed by atoms with E-state index in [-0.39, 0.29) is 5.56 Å². The van der Waals surface area contributed by atoms with Crippen molar-refractivity contribution in [2.75, 3.05) is 7.11 Å². The van der Waals surface area contributed by atoms with E-state index >= 15 is 0 Å². The highest BCUT2D eigenvalue weighted by Gasteiger charge is 2.14. The summed E-state index contributed by atoms with van der Waals surface area (Å²) >= 11 is 0. The molecule has 0 unspecified atom stereocenters. The molecule has 0 saturated carbocycles. The predicted molar refractivity (Wildman–Crippen MR) is 52.7 cm³/mol. The summed E-state index contributed by atoms with van der Waals surface area (Å²) in [6, 6.07) is 3.83. The maximum atomic E-state index is 13.0. The highest BCUT2D eigenvalue weighted by Crippen LogP contribution is 2.16. The van der Waals surface area contributed by atoms with Crippen molar-refractivity contribution in [3.63, 3.8) is 0 Å². The van der Waals surface area contributed by atoms with E-state index in [1.165, 1.54) is 36.5 Å². The summed E-state index contributed by atoms with van der Waals surface area (Å²) in [6.07, 6.45) is 2.83. The monoisotopic (exact) mass is 221 g/mol. The highest BCUT2D eigenvalue weighted by molar-refractivity contribution is 5.93. The van der Waals surface area contributed by atoms with Crippen molar-refractivity contribution in [2.24, 2.45) is 0 Å². The highest BCUT2D eigenvalue weighted by atomic mass is 19.1. The van der Waals surface area contributed by atoms with Gasteiger partial charge in [-0.25, -0.2) is 9.18 Å². The Morgan fingerprint density at radius 2 is 2.06 bits per heavy atom. The van der Waals surface area contributed by atoms with Gasteiger partial charge in [-0.15, -0.1) is 10.2 Å². The summed E-state index contributed by atoms with van der Waals surface area (Å²) < 4.78 is 19.1. The molecule has 5 nitrogen and oxygen atoms in total. The molecule has 16 heavy (non-hydrogen) atoms. The zero-order valence-corrected chi connectivity index (χ0v) is 8.42. The fourth-order valence-corrected chi connectivity index (χ4v) is 1.33. The molecule has 2 rings (SSSR count). The maximum absolute atomic E-state index is 13.0. The number of benzene rings is 1. The minimum Gasteiger partial charge on any atom is -0.465 e. The third-order valence-electron chi connectivity index (χ3n) is 2.06. The van der Waals surface area contributed by atoms with Gasteiger partial charge in [0.15, 0.2) is 0 Å². The molecule has 0 spiro atoms. The molecule has 0 bridgehead atoms. The van der Waals surface area contributed by atoms with E-state index in [1.54, 1.807) is 0 Å². The van der Waals surface area contributed by atoms with Crippen molar-refractivity contribution in [3.8, 4) is 5.69 Å². The van der Waals surface area contributed by atoms with Crippen molar-refractivity contribution >= 4 is 5.97 Å². The SMILES string of the molecule is COC(=O)c1cc(F)ccc1-n1cnnc1. The van der Waals surface area contributed by atoms with Crippen LogP contribution in [0.4, 0.5) is 4.39 Å². The van der Waals surface area contributed by atoms with Gasteiger partial charge in [0, 0.05) is 0 Å². The number of hydrogen-bond acceptors (Lipinski definition) is 4. The first-order valence-electron chi connectivity index (χ1n) is 4.45. The first-order valence-corrected chi connectivity index (χ1v) is 4.45. The van der Waals surface area contributed by atoms with Crippen LogP contribution in [-0.2, 0) is 4.74 Å². The lowest BCUT2D eigenvalue weighted by Crippen LogP contribution is -2.07. The van der Waals surface area contributed by atoms with Gasteiger partial charge in [-0.05, 0) is 18.2 Å². The Balaban J connectivity index is 2.57. The molecule has 0 atom stereocenters. The van der Waals surface area contributed by atoms with Gasteiger partial charge in [-0.3, -0.25) is 4.57 Å². The van der Waals surface area contributed by atoms with Gasteiger partial charge in [0.25, 0.3) is 0 Å². The number of ether oxygens (including phenoxy) is 1. The molecule has 2 aromatic rings. The standard InChI is InChI=1S/C10H8FN3O2/c1-16-10(15)8-4-7(11)2-3-9(8)14-5-12-13-6-14/h2-6H,1H3. The first-order chi connectivity index (χ1) is 7.72. The predicted octanol–water partition coefficient (Wildman–Crippen LogP) is 1.19. The second-order valence-corrected chi connectivity index (χ2v) is 3.02. The number of halogens is 1. The molecule has 0 aliphatic rings. The van der Waals surface area contributed by atoms with Gasteiger partial charge in [-0.1, -0.05) is 0 Å². The zero-order valence-electron chi connectivity index (χ0n) is 8.42. The van der Waals surface area contributed by atoms with Crippen LogP contribution < -0.4 is 0 Å². The lowest BCUT2D eigenvalue weighted by Gasteiger charge is -2.07. The molecule has 0 radical (unpaired) electrons. The van der Waals surface area contributed by atoms with E-state index in [9.17, 15) is 9.18 Å². The van der Waals surface area contributed by atoms with Crippen LogP contribution in [0.1, 0.15) is 10.4 Å². The van der Waals surface area contributed by atoms with Crippen LogP contribution in [0.2, 0.25) is 0 Å². The smallest absolute Gasteiger partial charge is 0.340 e. The molecule has 0 amide bonds. The second kappa shape index (κ2) is 4.09. The van der Waals surface area contributed by atoms with E-state index in [0.717, 1.165) is 6.07 Å². The molecule has 82 valence electrons. The van der Waals surface area contributed by atoms with Crippen molar-refractivity contribution in [2.45, 2.75) is 0 Å². The summed E-state index contributed by atoms with van der Waals surface area (Å²) in [5.74, 6) is -1.11. The van der Waals surface area contributed by atoms with Gasteiger partial charge in [0.05, 0.1) is 18.4 Å². The van der Waals surface area contributed by atoms with Crippen molar-refractivity contribution in [3.05, 3.63) is 42.2 Å². The van der Waals surface area contributed by atoms with Crippen LogP contribution in [0.5, 0.6) is 0 Å². The molecule has 1 heterocycles. The number of nitrogens with zero attached hydrogens (tertiary/aromatic N) is 3. The van der Waals surface area contributed by atoms with Crippen LogP contribution in [0.15, 0.2) is 30.9 Å². The van der Waals surface area contributed by atoms with Crippen molar-refractivity contribution in [1.29, 1.82) is 0 Å². The fraction of sp³-hybridized carbons (Fsp3) is 0.100. The number of carbonyl (C=O) groups excluding carboxylic acids is 1. The Morgan fingerprint density at radius 3 is 2.69 bits per heavy atom. The van der Waals surface area contributed by atoms with Gasteiger partial charge < -0.3 is 4.74 Å². The van der Waals surface area contributed by atoms with Crippen LogP contribution in [0.3, 0.4) is 0 Å². The summed E-state index contributed by atoms with van der Waals surface area (Å²) in [6.45, 7) is 0. The van der Waals surface area contributed by atoms with Crippen LogP contribution >= 0.6 is 0 Å². The number of esters is 1.